The number of nitrogens with zero attached hydrogens (tertiary/aromatic N) is 2. The summed E-state index contributed by atoms with van der Waals surface area (Å²) >= 11 is 1.47. The lowest BCUT2D eigenvalue weighted by Crippen LogP contribution is -2.28. The number of aromatic nitrogens is 1. The SMILES string of the molecule is COc1ccc(C(=O)OCc2csc(-c3ccccc3)n2)cc1S(=O)(=O)N1CCCC1. The van der Waals surface area contributed by atoms with Gasteiger partial charge >= 0.3 is 5.97 Å². The van der Waals surface area contributed by atoms with Crippen LogP contribution in [0.15, 0.2) is 58.8 Å². The summed E-state index contributed by atoms with van der Waals surface area (Å²) in [6.45, 7) is 0.934. The highest BCUT2D eigenvalue weighted by molar-refractivity contribution is 7.89. The molecule has 31 heavy (non-hydrogen) atoms. The van der Waals surface area contributed by atoms with E-state index in [0.29, 0.717) is 18.8 Å². The molecule has 0 N–H and O–H groups in total. The van der Waals surface area contributed by atoms with Crippen LogP contribution in [0.1, 0.15) is 28.9 Å². The Balaban J connectivity index is 1.49. The van der Waals surface area contributed by atoms with Gasteiger partial charge in [0.1, 0.15) is 22.3 Å². The van der Waals surface area contributed by atoms with Crippen molar-refractivity contribution in [3.8, 4) is 16.3 Å². The number of thiazole rings is 1. The predicted molar refractivity (Wildman–Crippen MR) is 118 cm³/mol. The number of hydrogen-bond donors (Lipinski definition) is 0. The molecule has 0 amide bonds. The zero-order valence-electron chi connectivity index (χ0n) is 17.0. The smallest absolute Gasteiger partial charge is 0.338 e. The lowest BCUT2D eigenvalue weighted by Gasteiger charge is -2.18. The van der Waals surface area contributed by atoms with E-state index in [1.165, 1.54) is 41.0 Å². The van der Waals surface area contributed by atoms with E-state index in [-0.39, 0.29) is 22.8 Å². The standard InChI is InChI=1S/C22H22N2O5S2/c1-28-19-10-9-17(13-20(19)31(26,27)24-11-5-6-12-24)22(25)29-14-18-15-30-21(23-18)16-7-3-2-4-8-16/h2-4,7-10,13,15H,5-6,11-12,14H2,1H3. The van der Waals surface area contributed by atoms with Crippen molar-refractivity contribution in [1.82, 2.24) is 9.29 Å². The first-order valence-corrected chi connectivity index (χ1v) is 12.2. The molecule has 0 atom stereocenters. The molecule has 0 aliphatic carbocycles. The second-order valence-corrected chi connectivity index (χ2v) is 9.83. The number of carbonyl (C=O) groups is 1. The second-order valence-electron chi connectivity index (χ2n) is 7.06. The summed E-state index contributed by atoms with van der Waals surface area (Å²) in [6.07, 6.45) is 1.64. The minimum absolute atomic E-state index is 0.00239. The molecular weight excluding hydrogens is 436 g/mol. The summed E-state index contributed by atoms with van der Waals surface area (Å²) < 4.78 is 38.0. The van der Waals surface area contributed by atoms with Crippen LogP contribution < -0.4 is 4.74 Å². The van der Waals surface area contributed by atoms with Gasteiger partial charge in [-0.2, -0.15) is 4.31 Å². The van der Waals surface area contributed by atoms with Crippen molar-refractivity contribution < 1.29 is 22.7 Å². The fraction of sp³-hybridized carbons (Fsp3) is 0.273. The third kappa shape index (κ3) is 4.63. The van der Waals surface area contributed by atoms with E-state index < -0.39 is 16.0 Å². The number of methoxy groups -OCH3 is 1. The Morgan fingerprint density at radius 3 is 2.58 bits per heavy atom. The maximum Gasteiger partial charge on any atom is 0.338 e. The van der Waals surface area contributed by atoms with Gasteiger partial charge in [0.05, 0.1) is 18.4 Å². The number of carbonyl (C=O) groups excluding carboxylic acids is 1. The average molecular weight is 459 g/mol. The van der Waals surface area contributed by atoms with E-state index in [1.807, 2.05) is 35.7 Å². The zero-order chi connectivity index (χ0) is 21.8. The van der Waals surface area contributed by atoms with E-state index in [1.54, 1.807) is 0 Å². The molecule has 1 aromatic heterocycles. The van der Waals surface area contributed by atoms with E-state index in [0.717, 1.165) is 23.4 Å². The van der Waals surface area contributed by atoms with Gasteiger partial charge in [0.25, 0.3) is 0 Å². The zero-order valence-corrected chi connectivity index (χ0v) is 18.6. The van der Waals surface area contributed by atoms with Gasteiger partial charge in [-0.25, -0.2) is 18.2 Å². The van der Waals surface area contributed by atoms with Gasteiger partial charge in [-0.05, 0) is 31.0 Å². The van der Waals surface area contributed by atoms with E-state index in [9.17, 15) is 13.2 Å². The Labute approximate surface area is 185 Å². The van der Waals surface area contributed by atoms with Crippen LogP contribution in [-0.2, 0) is 21.4 Å². The fourth-order valence-electron chi connectivity index (χ4n) is 3.38. The van der Waals surface area contributed by atoms with Crippen molar-refractivity contribution in [3.63, 3.8) is 0 Å². The lowest BCUT2D eigenvalue weighted by molar-refractivity contribution is 0.0468. The number of rotatable bonds is 7. The highest BCUT2D eigenvalue weighted by atomic mass is 32.2. The number of esters is 1. The molecular formula is C22H22N2O5S2. The van der Waals surface area contributed by atoms with Crippen molar-refractivity contribution in [2.75, 3.05) is 20.2 Å². The first-order valence-electron chi connectivity index (χ1n) is 9.84. The summed E-state index contributed by atoms with van der Waals surface area (Å²) in [7, 11) is -2.34. The molecule has 0 saturated carbocycles. The largest absolute Gasteiger partial charge is 0.495 e. The Morgan fingerprint density at radius 1 is 1.13 bits per heavy atom. The molecule has 0 bridgehead atoms. The van der Waals surface area contributed by atoms with Crippen molar-refractivity contribution >= 4 is 27.3 Å². The molecule has 162 valence electrons. The molecule has 4 rings (SSSR count). The van der Waals surface area contributed by atoms with Gasteiger partial charge in [0.2, 0.25) is 10.0 Å². The van der Waals surface area contributed by atoms with Crippen molar-refractivity contribution in [2.45, 2.75) is 24.3 Å². The molecule has 0 unspecified atom stereocenters. The highest BCUT2D eigenvalue weighted by Crippen LogP contribution is 2.30. The van der Waals surface area contributed by atoms with Crippen LogP contribution in [0.25, 0.3) is 10.6 Å². The molecule has 2 heterocycles. The molecule has 3 aromatic rings. The number of sulfonamides is 1. The van der Waals surface area contributed by atoms with Crippen LogP contribution in [0, 0.1) is 0 Å². The van der Waals surface area contributed by atoms with Crippen molar-refractivity contribution in [1.29, 1.82) is 0 Å². The molecule has 0 spiro atoms. The van der Waals surface area contributed by atoms with Gasteiger partial charge in [0, 0.05) is 24.0 Å². The van der Waals surface area contributed by atoms with E-state index >= 15 is 0 Å². The molecule has 7 nitrogen and oxygen atoms in total. The number of benzene rings is 2. The summed E-state index contributed by atoms with van der Waals surface area (Å²) in [5.74, 6) is -0.412. The van der Waals surface area contributed by atoms with Crippen LogP contribution in [0.5, 0.6) is 5.75 Å². The summed E-state index contributed by atoms with van der Waals surface area (Å²) in [4.78, 5) is 17.1. The van der Waals surface area contributed by atoms with E-state index in [2.05, 4.69) is 4.98 Å². The number of ether oxygens (including phenoxy) is 2. The first kappa shape index (κ1) is 21.5. The Kier molecular flexibility index (Phi) is 6.35. The van der Waals surface area contributed by atoms with Gasteiger partial charge in [-0.1, -0.05) is 30.3 Å². The average Bonchev–Trinajstić information content (AvgIpc) is 3.50. The van der Waals surface area contributed by atoms with Crippen molar-refractivity contribution in [3.05, 3.63) is 65.2 Å². The van der Waals surface area contributed by atoms with Gasteiger partial charge < -0.3 is 9.47 Å². The Hall–Kier alpha value is -2.75. The fourth-order valence-corrected chi connectivity index (χ4v) is 5.89. The van der Waals surface area contributed by atoms with Gasteiger partial charge in [-0.15, -0.1) is 11.3 Å². The topological polar surface area (TPSA) is 85.8 Å². The van der Waals surface area contributed by atoms with Crippen LogP contribution in [0.2, 0.25) is 0 Å². The van der Waals surface area contributed by atoms with Crippen LogP contribution in [-0.4, -0.2) is 43.9 Å². The van der Waals surface area contributed by atoms with Gasteiger partial charge in [0.15, 0.2) is 0 Å². The first-order chi connectivity index (χ1) is 15.0. The van der Waals surface area contributed by atoms with Gasteiger partial charge in [-0.3, -0.25) is 0 Å². The minimum atomic E-state index is -3.74. The summed E-state index contributed by atoms with van der Waals surface area (Å²) in [5.41, 5.74) is 1.78. The Bertz CT molecular complexity index is 1170. The van der Waals surface area contributed by atoms with Crippen LogP contribution in [0.4, 0.5) is 0 Å². The van der Waals surface area contributed by atoms with E-state index in [4.69, 9.17) is 9.47 Å². The maximum absolute atomic E-state index is 13.0. The molecule has 1 saturated heterocycles. The maximum atomic E-state index is 13.0. The van der Waals surface area contributed by atoms with Crippen LogP contribution >= 0.6 is 11.3 Å². The second kappa shape index (κ2) is 9.17. The Morgan fingerprint density at radius 2 is 1.87 bits per heavy atom. The monoisotopic (exact) mass is 458 g/mol. The molecule has 1 fully saturated rings. The van der Waals surface area contributed by atoms with Crippen molar-refractivity contribution in [2.24, 2.45) is 0 Å². The molecule has 1 aliphatic heterocycles. The highest BCUT2D eigenvalue weighted by Gasteiger charge is 2.30. The lowest BCUT2D eigenvalue weighted by atomic mass is 10.2. The number of hydrogen-bond acceptors (Lipinski definition) is 7. The third-order valence-electron chi connectivity index (χ3n) is 5.01. The normalized spacial score (nSPS) is 14.5. The summed E-state index contributed by atoms with van der Waals surface area (Å²) in [6, 6.07) is 14.1. The molecule has 2 aromatic carbocycles. The minimum Gasteiger partial charge on any atom is -0.495 e. The third-order valence-corrected chi connectivity index (χ3v) is 7.87. The molecule has 1 aliphatic rings. The summed E-state index contributed by atoms with van der Waals surface area (Å²) in [5, 5.41) is 2.68. The predicted octanol–water partition coefficient (Wildman–Crippen LogP) is 3.96. The quantitative estimate of drug-likeness (QED) is 0.498. The molecule has 0 radical (unpaired) electrons. The van der Waals surface area contributed by atoms with Crippen LogP contribution in [0.3, 0.4) is 0 Å². The molecule has 9 heteroatoms.